The Labute approximate surface area is 258 Å². The Bertz CT molecular complexity index is 1240. The lowest BCUT2D eigenvalue weighted by molar-refractivity contribution is -0.142. The minimum absolute atomic E-state index is 0.0793. The van der Waals surface area contributed by atoms with Gasteiger partial charge in [0.05, 0.1) is 13.1 Å². The maximum Gasteiger partial charge on any atom is 0.433 e. The number of allylic oxidation sites excluding steroid dienone is 2. The summed E-state index contributed by atoms with van der Waals surface area (Å²) in [5, 5.41) is 19.4. The maximum atomic E-state index is 12.9. The molecule has 0 saturated heterocycles. The number of carbonyl (C=O) groups is 2. The molecular formula is C28H32F6N4O4S2. The topological polar surface area (TPSA) is 107 Å². The van der Waals surface area contributed by atoms with Crippen LogP contribution < -0.4 is 0 Å². The number of alkyl halides is 6. The Hall–Kier alpha value is -3.08. The molecule has 44 heavy (non-hydrogen) atoms. The highest BCUT2D eigenvalue weighted by molar-refractivity contribution is 8.79. The number of pyridine rings is 2. The van der Waals surface area contributed by atoms with Gasteiger partial charge in [0.15, 0.2) is 0 Å². The van der Waals surface area contributed by atoms with Crippen LogP contribution in [0.25, 0.3) is 0 Å². The molecule has 0 aromatic carbocycles. The minimum Gasteiger partial charge on any atom is -0.396 e. The normalized spacial score (nSPS) is 13.3. The summed E-state index contributed by atoms with van der Waals surface area (Å²) in [6.45, 7) is 5.10. The molecule has 242 valence electrons. The number of hydrogen-bond acceptors (Lipinski definition) is 8. The third-order valence-corrected chi connectivity index (χ3v) is 9.15. The molecule has 2 amide bonds. The Kier molecular flexibility index (Phi) is 13.7. The molecule has 16 heteroatoms. The van der Waals surface area contributed by atoms with E-state index < -0.39 is 35.6 Å². The van der Waals surface area contributed by atoms with Crippen molar-refractivity contribution in [3.05, 3.63) is 80.4 Å². The lowest BCUT2D eigenvalue weighted by Gasteiger charge is -2.26. The summed E-state index contributed by atoms with van der Waals surface area (Å²) in [7, 11) is 2.33. The van der Waals surface area contributed by atoms with E-state index in [2.05, 4.69) is 9.97 Å². The molecule has 2 rings (SSSR count). The number of aliphatic hydroxyl groups excluding tert-OH is 2. The van der Waals surface area contributed by atoms with Crippen LogP contribution in [0.2, 0.25) is 0 Å². The maximum absolute atomic E-state index is 12.9. The van der Waals surface area contributed by atoms with Crippen LogP contribution in [0.3, 0.4) is 0 Å². The lowest BCUT2D eigenvalue weighted by atomic mass is 10.2. The third-order valence-electron chi connectivity index (χ3n) is 6.21. The molecule has 2 N–H and O–H groups in total. The summed E-state index contributed by atoms with van der Waals surface area (Å²) in [6.07, 6.45) is -6.90. The van der Waals surface area contributed by atoms with Gasteiger partial charge in [-0.25, -0.2) is 0 Å². The average Bonchev–Trinajstić information content (AvgIpc) is 2.94. The van der Waals surface area contributed by atoms with Crippen LogP contribution in [-0.2, 0) is 35.0 Å². The quantitative estimate of drug-likeness (QED) is 0.184. The van der Waals surface area contributed by atoms with Crippen molar-refractivity contribution in [1.29, 1.82) is 0 Å². The third kappa shape index (κ3) is 10.8. The molecule has 2 heterocycles. The van der Waals surface area contributed by atoms with Gasteiger partial charge in [-0.2, -0.15) is 26.3 Å². The van der Waals surface area contributed by atoms with E-state index >= 15 is 0 Å². The van der Waals surface area contributed by atoms with E-state index in [9.17, 15) is 46.1 Å². The van der Waals surface area contributed by atoms with Crippen molar-refractivity contribution in [2.24, 2.45) is 0 Å². The molecule has 0 atom stereocenters. The van der Waals surface area contributed by atoms with Gasteiger partial charge in [-0.3, -0.25) is 19.6 Å². The number of rotatable bonds is 13. The summed E-state index contributed by atoms with van der Waals surface area (Å²) in [4.78, 5) is 35.7. The monoisotopic (exact) mass is 666 g/mol. The fourth-order valence-corrected chi connectivity index (χ4v) is 6.68. The van der Waals surface area contributed by atoms with Gasteiger partial charge in [0, 0.05) is 73.5 Å². The standard InChI is InChI=1S/C28H32F6N4O4S2/c1-17(37(19(3)41)15-21-5-7-25(35-13-21)27(29,30)31)23(9-11-39)43-44-24(10-12-40)18(2)38(20(4)42)16-22-6-8-26(36-14-22)28(32,33)34/h5-8,13-14,39-40H,9-12,15-16H2,1-4H3/b23-17-,24-18-. The highest BCUT2D eigenvalue weighted by Crippen LogP contribution is 2.43. The predicted octanol–water partition coefficient (Wildman–Crippen LogP) is 6.52. The summed E-state index contributed by atoms with van der Waals surface area (Å²) in [6, 6.07) is 4.09. The number of aliphatic hydroxyl groups is 2. The van der Waals surface area contributed by atoms with Crippen LogP contribution in [0, 0.1) is 0 Å². The number of hydrogen-bond donors (Lipinski definition) is 2. The molecule has 0 fully saturated rings. The Morgan fingerprint density at radius 3 is 1.25 bits per heavy atom. The highest BCUT2D eigenvalue weighted by atomic mass is 33.1. The molecule has 0 bridgehead atoms. The zero-order chi connectivity index (χ0) is 33.2. The Morgan fingerprint density at radius 2 is 1.02 bits per heavy atom. The van der Waals surface area contributed by atoms with Crippen LogP contribution in [0.4, 0.5) is 26.3 Å². The van der Waals surface area contributed by atoms with Crippen molar-refractivity contribution < 1.29 is 46.1 Å². The number of aromatic nitrogens is 2. The molecule has 0 aliphatic rings. The zero-order valence-electron chi connectivity index (χ0n) is 24.3. The second kappa shape index (κ2) is 16.3. The van der Waals surface area contributed by atoms with Crippen LogP contribution >= 0.6 is 21.6 Å². The molecule has 0 aliphatic carbocycles. The van der Waals surface area contributed by atoms with E-state index in [1.165, 1.54) is 57.4 Å². The second-order valence-electron chi connectivity index (χ2n) is 9.44. The first-order valence-corrected chi connectivity index (χ1v) is 15.2. The second-order valence-corrected chi connectivity index (χ2v) is 11.8. The van der Waals surface area contributed by atoms with E-state index in [0.717, 1.165) is 24.5 Å². The Balaban J connectivity index is 2.35. The van der Waals surface area contributed by atoms with E-state index in [0.29, 0.717) is 32.3 Å². The number of nitrogens with zero attached hydrogens (tertiary/aromatic N) is 4. The van der Waals surface area contributed by atoms with E-state index in [4.69, 9.17) is 0 Å². The number of amides is 2. The van der Waals surface area contributed by atoms with Gasteiger partial charge >= 0.3 is 12.4 Å². The van der Waals surface area contributed by atoms with Crippen LogP contribution in [0.15, 0.2) is 57.9 Å². The largest absolute Gasteiger partial charge is 0.433 e. The molecule has 0 saturated carbocycles. The number of halogens is 6. The summed E-state index contributed by atoms with van der Waals surface area (Å²) < 4.78 is 77.4. The molecule has 2 aromatic heterocycles. The van der Waals surface area contributed by atoms with Crippen LogP contribution in [-0.4, -0.2) is 55.0 Å². The summed E-state index contributed by atoms with van der Waals surface area (Å²) in [5.74, 6) is -0.808. The van der Waals surface area contributed by atoms with E-state index in [1.54, 1.807) is 13.8 Å². The van der Waals surface area contributed by atoms with Crippen LogP contribution in [0.5, 0.6) is 0 Å². The van der Waals surface area contributed by atoms with Crippen molar-refractivity contribution in [2.75, 3.05) is 13.2 Å². The predicted molar refractivity (Wildman–Crippen MR) is 155 cm³/mol. The fourth-order valence-electron chi connectivity index (χ4n) is 3.84. The van der Waals surface area contributed by atoms with E-state index in [-0.39, 0.29) is 39.1 Å². The van der Waals surface area contributed by atoms with Crippen LogP contribution in [0.1, 0.15) is 63.1 Å². The first-order chi connectivity index (χ1) is 20.5. The summed E-state index contributed by atoms with van der Waals surface area (Å²) in [5.41, 5.74) is -0.569. The average molecular weight is 667 g/mol. The zero-order valence-corrected chi connectivity index (χ0v) is 25.9. The van der Waals surface area contributed by atoms with Crippen molar-refractivity contribution in [3.63, 3.8) is 0 Å². The van der Waals surface area contributed by atoms with Crippen molar-refractivity contribution in [3.8, 4) is 0 Å². The smallest absolute Gasteiger partial charge is 0.396 e. The number of carbonyl (C=O) groups excluding carboxylic acids is 2. The Morgan fingerprint density at radius 1 is 0.682 bits per heavy atom. The van der Waals surface area contributed by atoms with Gasteiger partial charge in [0.2, 0.25) is 11.8 Å². The first kappa shape index (κ1) is 37.1. The molecule has 2 aromatic rings. The molecule has 8 nitrogen and oxygen atoms in total. The molecule has 0 spiro atoms. The highest BCUT2D eigenvalue weighted by Gasteiger charge is 2.33. The first-order valence-electron chi connectivity index (χ1n) is 13.1. The van der Waals surface area contributed by atoms with Gasteiger partial charge in [0.1, 0.15) is 11.4 Å². The van der Waals surface area contributed by atoms with Gasteiger partial charge in [0.25, 0.3) is 0 Å². The van der Waals surface area contributed by atoms with Crippen molar-refractivity contribution in [1.82, 2.24) is 19.8 Å². The molecular weight excluding hydrogens is 634 g/mol. The summed E-state index contributed by atoms with van der Waals surface area (Å²) >= 11 is 0. The lowest BCUT2D eigenvalue weighted by Crippen LogP contribution is -2.27. The molecule has 0 unspecified atom stereocenters. The molecule has 0 aliphatic heterocycles. The van der Waals surface area contributed by atoms with Crippen molar-refractivity contribution >= 4 is 33.4 Å². The van der Waals surface area contributed by atoms with E-state index in [1.807, 2.05) is 0 Å². The van der Waals surface area contributed by atoms with Gasteiger partial charge in [-0.1, -0.05) is 33.7 Å². The van der Waals surface area contributed by atoms with Crippen molar-refractivity contribution in [2.45, 2.75) is 66.0 Å². The SMILES string of the molecule is CC(=O)N(Cc1ccc(C(F)(F)F)nc1)/C(C)=C(/CCO)SS/C(CCO)=C(/C)N(Cc1ccc(C(F)(F)F)nc1)C(C)=O. The van der Waals surface area contributed by atoms with Gasteiger partial charge in [-0.15, -0.1) is 0 Å². The minimum atomic E-state index is -4.61. The molecule has 0 radical (unpaired) electrons. The van der Waals surface area contributed by atoms with Gasteiger partial charge < -0.3 is 20.0 Å². The fraction of sp³-hybridized carbons (Fsp3) is 0.429. The van der Waals surface area contributed by atoms with Gasteiger partial charge in [-0.05, 0) is 37.1 Å².